The van der Waals surface area contributed by atoms with Crippen molar-refractivity contribution in [3.63, 3.8) is 0 Å². The minimum atomic E-state index is -3.53. The number of hydrogen-bond acceptors (Lipinski definition) is 4. The molecule has 0 heterocycles. The van der Waals surface area contributed by atoms with Crippen LogP contribution in [0.2, 0.25) is 5.02 Å². The van der Waals surface area contributed by atoms with E-state index in [4.69, 9.17) is 16.3 Å². The number of amides is 1. The number of halogens is 1. The molecule has 0 unspecified atom stereocenters. The van der Waals surface area contributed by atoms with Crippen molar-refractivity contribution in [2.45, 2.75) is 6.54 Å². The molecule has 2 rings (SSSR count). The number of ether oxygens (including phenoxy) is 1. The van der Waals surface area contributed by atoms with Crippen molar-refractivity contribution in [3.8, 4) is 0 Å². The van der Waals surface area contributed by atoms with E-state index in [1.54, 1.807) is 55.6 Å². The number of rotatable bonds is 8. The number of anilines is 1. The van der Waals surface area contributed by atoms with E-state index in [1.165, 1.54) is 4.31 Å². The maximum absolute atomic E-state index is 12.2. The van der Waals surface area contributed by atoms with Crippen LogP contribution in [0.1, 0.15) is 15.9 Å². The van der Waals surface area contributed by atoms with Gasteiger partial charge in [0.05, 0.1) is 25.1 Å². The largest absolute Gasteiger partial charge is 0.383 e. The first kappa shape index (κ1) is 20.2. The smallest absolute Gasteiger partial charge is 0.251 e. The summed E-state index contributed by atoms with van der Waals surface area (Å²) in [6, 6.07) is 13.4. The predicted molar refractivity (Wildman–Crippen MR) is 103 cm³/mol. The molecule has 26 heavy (non-hydrogen) atoms. The molecule has 2 aromatic rings. The number of nitrogens with one attached hydrogen (secondary N) is 1. The third-order valence-electron chi connectivity index (χ3n) is 3.68. The Hall–Kier alpha value is -2.09. The Labute approximate surface area is 158 Å². The predicted octanol–water partition coefficient (Wildman–Crippen LogP) is 2.68. The maximum atomic E-state index is 12.2. The molecule has 1 amide bonds. The summed E-state index contributed by atoms with van der Waals surface area (Å²) in [5.41, 5.74) is 1.60. The molecule has 1 N–H and O–H groups in total. The second kappa shape index (κ2) is 9.02. The Balaban J connectivity index is 2.21. The molecule has 0 aliphatic heterocycles. The van der Waals surface area contributed by atoms with E-state index < -0.39 is 10.0 Å². The number of carbonyl (C=O) groups excluding carboxylic acids is 1. The van der Waals surface area contributed by atoms with Crippen LogP contribution in [0, 0.1) is 0 Å². The van der Waals surface area contributed by atoms with Crippen LogP contribution in [0.15, 0.2) is 48.5 Å². The minimum Gasteiger partial charge on any atom is -0.383 e. The summed E-state index contributed by atoms with van der Waals surface area (Å²) in [4.78, 5) is 12.0. The lowest BCUT2D eigenvalue weighted by atomic mass is 10.1. The van der Waals surface area contributed by atoms with E-state index in [-0.39, 0.29) is 12.5 Å². The summed E-state index contributed by atoms with van der Waals surface area (Å²) in [7, 11) is -1.97. The van der Waals surface area contributed by atoms with Gasteiger partial charge in [-0.2, -0.15) is 0 Å². The molecule has 0 saturated carbocycles. The summed E-state index contributed by atoms with van der Waals surface area (Å²) >= 11 is 6.15. The van der Waals surface area contributed by atoms with Gasteiger partial charge in [-0.05, 0) is 35.9 Å². The summed E-state index contributed by atoms with van der Waals surface area (Å²) in [6.07, 6.45) is 1.13. The fraction of sp³-hybridized carbons (Fsp3) is 0.278. The van der Waals surface area contributed by atoms with Gasteiger partial charge in [0.1, 0.15) is 0 Å². The lowest BCUT2D eigenvalue weighted by Crippen LogP contribution is -2.30. The molecule has 0 saturated heterocycles. The van der Waals surface area contributed by atoms with Crippen molar-refractivity contribution in [3.05, 3.63) is 64.7 Å². The first-order valence-electron chi connectivity index (χ1n) is 7.91. The van der Waals surface area contributed by atoms with Crippen LogP contribution < -0.4 is 9.62 Å². The number of nitrogens with zero attached hydrogens (tertiary/aromatic N) is 1. The zero-order valence-electron chi connectivity index (χ0n) is 14.6. The Morgan fingerprint density at radius 2 is 1.81 bits per heavy atom. The number of hydrogen-bond donors (Lipinski definition) is 1. The van der Waals surface area contributed by atoms with Crippen molar-refractivity contribution in [1.82, 2.24) is 5.32 Å². The molecule has 0 spiro atoms. The van der Waals surface area contributed by atoms with Crippen LogP contribution >= 0.6 is 11.6 Å². The minimum absolute atomic E-state index is 0.109. The van der Waals surface area contributed by atoms with Crippen LogP contribution in [-0.2, 0) is 21.3 Å². The van der Waals surface area contributed by atoms with Crippen molar-refractivity contribution in [1.29, 1.82) is 0 Å². The van der Waals surface area contributed by atoms with E-state index in [9.17, 15) is 13.2 Å². The number of benzene rings is 2. The van der Waals surface area contributed by atoms with Gasteiger partial charge >= 0.3 is 0 Å². The Morgan fingerprint density at radius 1 is 1.15 bits per heavy atom. The Morgan fingerprint density at radius 3 is 2.38 bits per heavy atom. The topological polar surface area (TPSA) is 75.7 Å². The molecule has 0 aliphatic carbocycles. The molecule has 0 radical (unpaired) electrons. The van der Waals surface area contributed by atoms with Gasteiger partial charge in [-0.1, -0.05) is 29.8 Å². The molecular formula is C18H21ClN2O4S. The first-order chi connectivity index (χ1) is 12.3. The lowest BCUT2D eigenvalue weighted by molar-refractivity contribution is 0.0937. The van der Waals surface area contributed by atoms with Gasteiger partial charge in [0.2, 0.25) is 10.0 Å². The third-order valence-corrected chi connectivity index (χ3v) is 5.19. The van der Waals surface area contributed by atoms with Crippen molar-refractivity contribution >= 4 is 33.2 Å². The number of carbonyl (C=O) groups is 1. The number of sulfonamides is 1. The average Bonchev–Trinajstić information content (AvgIpc) is 2.60. The summed E-state index contributed by atoms with van der Waals surface area (Å²) in [5.74, 6) is -0.245. The SMILES string of the molecule is COCCNC(=O)c1ccc(N(Cc2ccccc2Cl)S(C)(=O)=O)cc1. The lowest BCUT2D eigenvalue weighted by Gasteiger charge is -2.23. The standard InChI is InChI=1S/C18H21ClN2O4S/c1-25-12-11-20-18(22)14-7-9-16(10-8-14)21(26(2,23)24)13-15-5-3-4-6-17(15)19/h3-10H,11-13H2,1-2H3,(H,20,22). The average molecular weight is 397 g/mol. The zero-order chi connectivity index (χ0) is 19.2. The van der Waals surface area contributed by atoms with Crippen molar-refractivity contribution < 1.29 is 17.9 Å². The second-order valence-electron chi connectivity index (χ2n) is 5.66. The van der Waals surface area contributed by atoms with Gasteiger partial charge in [-0.15, -0.1) is 0 Å². The molecule has 0 aliphatic rings. The van der Waals surface area contributed by atoms with Crippen LogP contribution in [0.3, 0.4) is 0 Å². The summed E-state index contributed by atoms with van der Waals surface area (Å²) in [5, 5.41) is 3.21. The highest BCUT2D eigenvalue weighted by Crippen LogP contribution is 2.24. The molecule has 0 atom stereocenters. The van der Waals surface area contributed by atoms with Crippen LogP contribution in [0.4, 0.5) is 5.69 Å². The van der Waals surface area contributed by atoms with Gasteiger partial charge in [0.25, 0.3) is 5.91 Å². The van der Waals surface area contributed by atoms with E-state index in [0.717, 1.165) is 6.26 Å². The zero-order valence-corrected chi connectivity index (χ0v) is 16.2. The Bertz CT molecular complexity index is 854. The number of methoxy groups -OCH3 is 1. The summed E-state index contributed by atoms with van der Waals surface area (Å²) < 4.78 is 30.6. The molecule has 140 valence electrons. The molecule has 0 bridgehead atoms. The maximum Gasteiger partial charge on any atom is 0.251 e. The highest BCUT2D eigenvalue weighted by Gasteiger charge is 2.19. The molecule has 2 aromatic carbocycles. The van der Waals surface area contributed by atoms with E-state index in [1.807, 2.05) is 0 Å². The van der Waals surface area contributed by atoms with Gasteiger partial charge in [-0.25, -0.2) is 8.42 Å². The quantitative estimate of drug-likeness (QED) is 0.696. The molecule has 0 fully saturated rings. The fourth-order valence-corrected chi connectivity index (χ4v) is 3.40. The van der Waals surface area contributed by atoms with Crippen molar-refractivity contribution in [2.75, 3.05) is 30.8 Å². The van der Waals surface area contributed by atoms with Gasteiger partial charge in [0, 0.05) is 24.2 Å². The van der Waals surface area contributed by atoms with Crippen LogP contribution in [0.25, 0.3) is 0 Å². The van der Waals surface area contributed by atoms with Gasteiger partial charge < -0.3 is 10.1 Å². The van der Waals surface area contributed by atoms with Crippen LogP contribution in [-0.4, -0.2) is 40.8 Å². The van der Waals surface area contributed by atoms with Gasteiger partial charge in [0.15, 0.2) is 0 Å². The molecule has 8 heteroatoms. The van der Waals surface area contributed by atoms with Crippen molar-refractivity contribution in [2.24, 2.45) is 0 Å². The second-order valence-corrected chi connectivity index (χ2v) is 7.97. The first-order valence-corrected chi connectivity index (χ1v) is 10.1. The Kier molecular flexibility index (Phi) is 7.02. The van der Waals surface area contributed by atoms with Gasteiger partial charge in [-0.3, -0.25) is 9.10 Å². The van der Waals surface area contributed by atoms with Crippen LogP contribution in [0.5, 0.6) is 0 Å². The third kappa shape index (κ3) is 5.45. The summed E-state index contributed by atoms with van der Waals surface area (Å²) in [6.45, 7) is 0.931. The molecule has 6 nitrogen and oxygen atoms in total. The fourth-order valence-electron chi connectivity index (χ4n) is 2.33. The molecular weight excluding hydrogens is 376 g/mol. The van der Waals surface area contributed by atoms with E-state index in [0.29, 0.717) is 35.0 Å². The molecule has 0 aromatic heterocycles. The van der Waals surface area contributed by atoms with E-state index in [2.05, 4.69) is 5.32 Å². The normalized spacial score (nSPS) is 11.2. The highest BCUT2D eigenvalue weighted by molar-refractivity contribution is 7.92. The van der Waals surface area contributed by atoms with E-state index >= 15 is 0 Å². The monoisotopic (exact) mass is 396 g/mol. The highest BCUT2D eigenvalue weighted by atomic mass is 35.5.